The predicted octanol–water partition coefficient (Wildman–Crippen LogP) is 3.79. The fraction of sp³-hybridized carbons (Fsp3) is 0.478. The highest BCUT2D eigenvalue weighted by atomic mass is 19.2. The van der Waals surface area contributed by atoms with Gasteiger partial charge in [-0.2, -0.15) is 4.98 Å². The first-order chi connectivity index (χ1) is 16.9. The Morgan fingerprint density at radius 1 is 1.03 bits per heavy atom. The van der Waals surface area contributed by atoms with Crippen LogP contribution < -0.4 is 16.4 Å². The van der Waals surface area contributed by atoms with Crippen LogP contribution in [0.3, 0.4) is 0 Å². The molecule has 0 atom stereocenters. The number of nitrogens with zero attached hydrogens (tertiary/aromatic N) is 4. The fourth-order valence-corrected chi connectivity index (χ4v) is 4.78. The summed E-state index contributed by atoms with van der Waals surface area (Å²) >= 11 is 0. The van der Waals surface area contributed by atoms with Crippen LogP contribution in [0.5, 0.6) is 0 Å². The van der Waals surface area contributed by atoms with Crippen LogP contribution >= 0.6 is 0 Å². The van der Waals surface area contributed by atoms with E-state index in [-0.39, 0.29) is 35.5 Å². The minimum absolute atomic E-state index is 0.114. The molecule has 35 heavy (non-hydrogen) atoms. The Kier molecular flexibility index (Phi) is 6.46. The van der Waals surface area contributed by atoms with Crippen LogP contribution in [-0.2, 0) is 9.53 Å². The number of primary amides is 1. The Balaban J connectivity index is 1.51. The van der Waals surface area contributed by atoms with Crippen molar-refractivity contribution in [1.82, 2.24) is 19.5 Å². The molecule has 9 nitrogen and oxygen atoms in total. The molecule has 1 aliphatic carbocycles. The van der Waals surface area contributed by atoms with Crippen LogP contribution in [0.4, 0.5) is 30.8 Å². The zero-order valence-electron chi connectivity index (χ0n) is 18.9. The molecule has 2 aliphatic rings. The van der Waals surface area contributed by atoms with Crippen LogP contribution in [0, 0.1) is 23.4 Å². The van der Waals surface area contributed by atoms with Crippen LogP contribution in [0.1, 0.15) is 44.6 Å². The van der Waals surface area contributed by atoms with Gasteiger partial charge in [-0.25, -0.2) is 23.1 Å². The Morgan fingerprint density at radius 3 is 2.49 bits per heavy atom. The number of imidazole rings is 1. The number of nitrogens with one attached hydrogen (secondary N) is 2. The zero-order chi connectivity index (χ0) is 24.5. The number of halogens is 3. The van der Waals surface area contributed by atoms with Gasteiger partial charge in [-0.3, -0.25) is 9.36 Å². The maximum atomic E-state index is 14.4. The maximum Gasteiger partial charge on any atom is 0.224 e. The van der Waals surface area contributed by atoms with Crippen molar-refractivity contribution in [1.29, 1.82) is 0 Å². The molecule has 1 saturated heterocycles. The SMILES string of the molecule is NC(=O)[C@H]1CC[C@@H](n2c(Nc3ccc(F)c(F)c3F)nc3cnc(NC4CCOCC4)nc32)CC1. The summed E-state index contributed by atoms with van der Waals surface area (Å²) in [6.07, 6.45) is 5.68. The van der Waals surface area contributed by atoms with Gasteiger partial charge in [0.15, 0.2) is 23.1 Å². The van der Waals surface area contributed by atoms with Gasteiger partial charge < -0.3 is 21.1 Å². The smallest absolute Gasteiger partial charge is 0.224 e. The Labute approximate surface area is 199 Å². The molecule has 1 aliphatic heterocycles. The van der Waals surface area contributed by atoms with Crippen LogP contribution in [0.2, 0.25) is 0 Å². The second-order valence-corrected chi connectivity index (χ2v) is 8.99. The largest absolute Gasteiger partial charge is 0.381 e. The summed E-state index contributed by atoms with van der Waals surface area (Å²) in [5.74, 6) is -4.06. The molecule has 4 N–H and O–H groups in total. The van der Waals surface area contributed by atoms with E-state index in [0.29, 0.717) is 56.0 Å². The number of fused-ring (bicyclic) bond motifs is 1. The van der Waals surface area contributed by atoms with E-state index in [1.165, 1.54) is 0 Å². The second kappa shape index (κ2) is 9.68. The van der Waals surface area contributed by atoms with Gasteiger partial charge in [-0.15, -0.1) is 0 Å². The van der Waals surface area contributed by atoms with Crippen molar-refractivity contribution in [3.8, 4) is 0 Å². The molecule has 5 rings (SSSR count). The molecular weight excluding hydrogens is 463 g/mol. The third kappa shape index (κ3) is 4.75. The lowest BCUT2D eigenvalue weighted by Gasteiger charge is -2.29. The predicted molar refractivity (Wildman–Crippen MR) is 123 cm³/mol. The number of benzene rings is 1. The molecule has 3 aromatic rings. The minimum atomic E-state index is -1.57. The lowest BCUT2D eigenvalue weighted by Crippen LogP contribution is -2.29. The molecule has 1 amide bonds. The van der Waals surface area contributed by atoms with Crippen molar-refractivity contribution < 1.29 is 22.7 Å². The number of amides is 1. The second-order valence-electron chi connectivity index (χ2n) is 8.99. The lowest BCUT2D eigenvalue weighted by atomic mass is 9.85. The van der Waals surface area contributed by atoms with Crippen molar-refractivity contribution >= 4 is 34.7 Å². The maximum absolute atomic E-state index is 14.4. The molecule has 1 saturated carbocycles. The summed E-state index contributed by atoms with van der Waals surface area (Å²) in [5, 5.41) is 6.13. The van der Waals surface area contributed by atoms with E-state index < -0.39 is 17.5 Å². The first-order valence-corrected chi connectivity index (χ1v) is 11.7. The van der Waals surface area contributed by atoms with Gasteiger partial charge >= 0.3 is 0 Å². The Morgan fingerprint density at radius 2 is 1.77 bits per heavy atom. The van der Waals surface area contributed by atoms with Gasteiger partial charge in [0.1, 0.15) is 5.52 Å². The van der Waals surface area contributed by atoms with Gasteiger partial charge in [-0.05, 0) is 50.7 Å². The molecule has 12 heteroatoms. The number of anilines is 3. The summed E-state index contributed by atoms with van der Waals surface area (Å²) in [6.45, 7) is 1.32. The van der Waals surface area contributed by atoms with Gasteiger partial charge in [0, 0.05) is 31.2 Å². The average Bonchev–Trinajstić information content (AvgIpc) is 3.22. The summed E-state index contributed by atoms with van der Waals surface area (Å²) in [4.78, 5) is 25.2. The molecule has 0 bridgehead atoms. The number of rotatable bonds is 6. The molecule has 186 valence electrons. The third-order valence-electron chi connectivity index (χ3n) is 6.73. The average molecular weight is 490 g/mol. The number of nitrogens with two attached hydrogens (primary N) is 1. The van der Waals surface area contributed by atoms with Crippen LogP contribution in [-0.4, -0.2) is 44.7 Å². The van der Waals surface area contributed by atoms with E-state index in [4.69, 9.17) is 15.5 Å². The number of ether oxygens (including phenoxy) is 1. The monoisotopic (exact) mass is 489 g/mol. The van der Waals surface area contributed by atoms with Gasteiger partial charge in [0.25, 0.3) is 0 Å². The molecule has 3 heterocycles. The minimum Gasteiger partial charge on any atom is -0.381 e. The van der Waals surface area contributed by atoms with Crippen molar-refractivity contribution in [3.05, 3.63) is 35.8 Å². The summed E-state index contributed by atoms with van der Waals surface area (Å²) in [6, 6.07) is 2.03. The number of carbonyl (C=O) groups excluding carboxylic acids is 1. The molecule has 1 aromatic carbocycles. The highest BCUT2D eigenvalue weighted by molar-refractivity contribution is 5.78. The van der Waals surface area contributed by atoms with E-state index in [2.05, 4.69) is 20.6 Å². The summed E-state index contributed by atoms with van der Waals surface area (Å²) in [7, 11) is 0. The molecule has 2 aromatic heterocycles. The number of hydrogen-bond acceptors (Lipinski definition) is 7. The topological polar surface area (TPSA) is 120 Å². The molecule has 0 spiro atoms. The van der Waals surface area contributed by atoms with Crippen molar-refractivity contribution in [2.75, 3.05) is 23.8 Å². The van der Waals surface area contributed by atoms with Gasteiger partial charge in [0.2, 0.25) is 17.8 Å². The Hall–Kier alpha value is -3.41. The summed E-state index contributed by atoms with van der Waals surface area (Å²) < 4.78 is 48.9. The van der Waals surface area contributed by atoms with Gasteiger partial charge in [0.05, 0.1) is 11.9 Å². The first kappa shape index (κ1) is 23.3. The summed E-state index contributed by atoms with van der Waals surface area (Å²) in [5.41, 5.74) is 6.22. The van der Waals surface area contributed by atoms with E-state index >= 15 is 0 Å². The zero-order valence-corrected chi connectivity index (χ0v) is 18.9. The van der Waals surface area contributed by atoms with Crippen molar-refractivity contribution in [3.63, 3.8) is 0 Å². The van der Waals surface area contributed by atoms with Crippen molar-refractivity contribution in [2.24, 2.45) is 11.7 Å². The Bertz CT molecular complexity index is 1240. The standard InChI is InChI=1S/C23H26F3N7O2/c24-15-5-6-16(19(26)18(15)25)30-23-31-17-11-28-22(29-13-7-9-35-10-8-13)32-21(17)33(23)14-3-1-12(2-4-14)20(27)34/h5-6,11-14H,1-4,7-10H2,(H2,27,34)(H,30,31)(H,28,29,32)/t12-,14+. The highest BCUT2D eigenvalue weighted by Crippen LogP contribution is 2.37. The highest BCUT2D eigenvalue weighted by Gasteiger charge is 2.29. The third-order valence-corrected chi connectivity index (χ3v) is 6.73. The quantitative estimate of drug-likeness (QED) is 0.451. The molecule has 0 unspecified atom stereocenters. The van der Waals surface area contributed by atoms with Crippen LogP contribution in [0.15, 0.2) is 18.3 Å². The number of hydrogen-bond donors (Lipinski definition) is 3. The van der Waals surface area contributed by atoms with E-state index in [1.807, 2.05) is 4.57 Å². The van der Waals surface area contributed by atoms with Crippen molar-refractivity contribution in [2.45, 2.75) is 50.6 Å². The number of carbonyl (C=O) groups is 1. The lowest BCUT2D eigenvalue weighted by molar-refractivity contribution is -0.122. The number of aromatic nitrogens is 4. The van der Waals surface area contributed by atoms with Gasteiger partial charge in [-0.1, -0.05) is 0 Å². The molecular formula is C23H26F3N7O2. The van der Waals surface area contributed by atoms with E-state index in [9.17, 15) is 18.0 Å². The normalized spacial score (nSPS) is 21.2. The molecule has 0 radical (unpaired) electrons. The molecule has 2 fully saturated rings. The van der Waals surface area contributed by atoms with E-state index in [1.54, 1.807) is 6.20 Å². The van der Waals surface area contributed by atoms with Crippen LogP contribution in [0.25, 0.3) is 11.2 Å². The van der Waals surface area contributed by atoms with E-state index in [0.717, 1.165) is 25.0 Å². The first-order valence-electron chi connectivity index (χ1n) is 11.7. The fourth-order valence-electron chi connectivity index (χ4n) is 4.78.